The molecule has 2 heterocycles. The zero-order chi connectivity index (χ0) is 17.6. The van der Waals surface area contributed by atoms with Gasteiger partial charge in [0.05, 0.1) is 6.04 Å². The average molecular weight is 365 g/mol. The van der Waals surface area contributed by atoms with Crippen LogP contribution in [-0.4, -0.2) is 42.5 Å². The first-order valence-corrected chi connectivity index (χ1v) is 9.83. The third-order valence-corrected chi connectivity index (χ3v) is 5.49. The molecular weight excluding hydrogens is 336 g/mol. The largest absolute Gasteiger partial charge is 0.353 e. The summed E-state index contributed by atoms with van der Waals surface area (Å²) >= 11 is 6.03. The molecule has 138 valence electrons. The highest BCUT2D eigenvalue weighted by Gasteiger charge is 2.30. The molecule has 5 nitrogen and oxygen atoms in total. The Morgan fingerprint density at radius 1 is 1.28 bits per heavy atom. The molecule has 1 aromatic rings. The van der Waals surface area contributed by atoms with Crippen LogP contribution in [0.3, 0.4) is 0 Å². The van der Waals surface area contributed by atoms with Crippen LogP contribution in [-0.2, 0) is 4.79 Å². The fourth-order valence-corrected chi connectivity index (χ4v) is 3.97. The summed E-state index contributed by atoms with van der Waals surface area (Å²) < 4.78 is 0. The lowest BCUT2D eigenvalue weighted by Gasteiger charge is -2.28. The SMILES string of the molecule is CCCC1CC(C(=O)NCC(c2ccc(Cl)cc2)N2CCCC2)NN1. The Labute approximate surface area is 155 Å². The highest BCUT2D eigenvalue weighted by molar-refractivity contribution is 6.30. The third kappa shape index (κ3) is 4.94. The van der Waals surface area contributed by atoms with Crippen molar-refractivity contribution in [3.63, 3.8) is 0 Å². The van der Waals surface area contributed by atoms with Gasteiger partial charge in [0.2, 0.25) is 5.91 Å². The van der Waals surface area contributed by atoms with Gasteiger partial charge in [-0.2, -0.15) is 0 Å². The van der Waals surface area contributed by atoms with Crippen LogP contribution in [0.25, 0.3) is 0 Å². The Hall–Kier alpha value is -1.14. The van der Waals surface area contributed by atoms with Gasteiger partial charge in [-0.15, -0.1) is 0 Å². The van der Waals surface area contributed by atoms with Crippen LogP contribution < -0.4 is 16.2 Å². The van der Waals surface area contributed by atoms with Crippen molar-refractivity contribution < 1.29 is 4.79 Å². The second-order valence-corrected chi connectivity index (χ2v) is 7.55. The number of carbonyl (C=O) groups excluding carboxylic acids is 1. The Kier molecular flexibility index (Phi) is 6.70. The van der Waals surface area contributed by atoms with Gasteiger partial charge in [0.15, 0.2) is 0 Å². The van der Waals surface area contributed by atoms with E-state index in [-0.39, 0.29) is 18.0 Å². The van der Waals surface area contributed by atoms with Crippen molar-refractivity contribution >= 4 is 17.5 Å². The quantitative estimate of drug-likeness (QED) is 0.696. The molecule has 3 N–H and O–H groups in total. The van der Waals surface area contributed by atoms with E-state index in [0.29, 0.717) is 12.6 Å². The lowest BCUT2D eigenvalue weighted by Crippen LogP contribution is -2.46. The topological polar surface area (TPSA) is 56.4 Å². The van der Waals surface area contributed by atoms with Crippen LogP contribution in [0, 0.1) is 0 Å². The number of carbonyl (C=O) groups is 1. The zero-order valence-corrected chi connectivity index (χ0v) is 15.7. The van der Waals surface area contributed by atoms with Gasteiger partial charge in [0.25, 0.3) is 0 Å². The minimum absolute atomic E-state index is 0.0873. The number of amides is 1. The fourth-order valence-electron chi connectivity index (χ4n) is 3.85. The zero-order valence-electron chi connectivity index (χ0n) is 14.9. The summed E-state index contributed by atoms with van der Waals surface area (Å²) in [6.07, 6.45) is 5.53. The van der Waals surface area contributed by atoms with E-state index in [0.717, 1.165) is 37.4 Å². The molecule has 1 aromatic carbocycles. The predicted octanol–water partition coefficient (Wildman–Crippen LogP) is 2.63. The Balaban J connectivity index is 1.59. The number of nitrogens with one attached hydrogen (secondary N) is 3. The summed E-state index contributed by atoms with van der Waals surface area (Å²) in [4.78, 5) is 15.0. The summed E-state index contributed by atoms with van der Waals surface area (Å²) in [7, 11) is 0. The number of hydrogen-bond acceptors (Lipinski definition) is 4. The summed E-state index contributed by atoms with van der Waals surface area (Å²) in [5, 5.41) is 3.91. The van der Waals surface area contributed by atoms with Crippen LogP contribution in [0.2, 0.25) is 5.02 Å². The number of hydrazine groups is 1. The summed E-state index contributed by atoms with van der Waals surface area (Å²) in [5.74, 6) is 0.0873. The minimum atomic E-state index is -0.138. The monoisotopic (exact) mass is 364 g/mol. The molecule has 0 aromatic heterocycles. The number of likely N-dealkylation sites (tertiary alicyclic amines) is 1. The van der Waals surface area contributed by atoms with Crippen molar-refractivity contribution in [2.45, 2.75) is 57.2 Å². The van der Waals surface area contributed by atoms with Crippen LogP contribution in [0.4, 0.5) is 0 Å². The number of hydrogen-bond donors (Lipinski definition) is 3. The van der Waals surface area contributed by atoms with Crippen LogP contribution in [0.15, 0.2) is 24.3 Å². The average Bonchev–Trinajstić information content (AvgIpc) is 3.29. The normalized spacial score (nSPS) is 25.2. The summed E-state index contributed by atoms with van der Waals surface area (Å²) in [6, 6.07) is 8.48. The first-order chi connectivity index (χ1) is 12.2. The van der Waals surface area contributed by atoms with Crippen molar-refractivity contribution in [3.05, 3.63) is 34.9 Å². The second-order valence-electron chi connectivity index (χ2n) is 7.12. The molecule has 2 aliphatic rings. The van der Waals surface area contributed by atoms with E-state index in [1.165, 1.54) is 18.4 Å². The van der Waals surface area contributed by atoms with E-state index in [1.807, 2.05) is 12.1 Å². The molecule has 3 atom stereocenters. The van der Waals surface area contributed by atoms with E-state index in [9.17, 15) is 4.79 Å². The van der Waals surface area contributed by atoms with E-state index in [4.69, 9.17) is 11.6 Å². The number of rotatable bonds is 7. The smallest absolute Gasteiger partial charge is 0.238 e. The highest BCUT2D eigenvalue weighted by atomic mass is 35.5. The number of halogens is 1. The Morgan fingerprint density at radius 3 is 2.68 bits per heavy atom. The van der Waals surface area contributed by atoms with Crippen LogP contribution in [0.1, 0.15) is 50.6 Å². The van der Waals surface area contributed by atoms with Gasteiger partial charge in [-0.25, -0.2) is 5.43 Å². The maximum absolute atomic E-state index is 12.5. The molecule has 0 aliphatic carbocycles. The van der Waals surface area contributed by atoms with E-state index in [2.05, 4.69) is 40.1 Å². The van der Waals surface area contributed by atoms with Gasteiger partial charge in [0.1, 0.15) is 6.04 Å². The standard InChI is InChI=1S/C19H29ClN4O/c1-2-5-16-12-17(23-22-16)19(25)21-13-18(24-10-3-4-11-24)14-6-8-15(20)9-7-14/h6-9,16-18,22-23H,2-5,10-13H2,1H3,(H,21,25). The van der Waals surface area contributed by atoms with Gasteiger partial charge >= 0.3 is 0 Å². The molecule has 0 radical (unpaired) electrons. The first-order valence-electron chi connectivity index (χ1n) is 9.45. The van der Waals surface area contributed by atoms with Gasteiger partial charge < -0.3 is 5.32 Å². The third-order valence-electron chi connectivity index (χ3n) is 5.24. The van der Waals surface area contributed by atoms with Crippen molar-refractivity contribution in [2.24, 2.45) is 0 Å². The molecule has 3 unspecified atom stereocenters. The minimum Gasteiger partial charge on any atom is -0.353 e. The van der Waals surface area contributed by atoms with Gasteiger partial charge in [-0.1, -0.05) is 37.1 Å². The van der Waals surface area contributed by atoms with Crippen LogP contribution in [0.5, 0.6) is 0 Å². The lowest BCUT2D eigenvalue weighted by molar-refractivity contribution is -0.123. The van der Waals surface area contributed by atoms with E-state index >= 15 is 0 Å². The van der Waals surface area contributed by atoms with Crippen molar-refractivity contribution in [3.8, 4) is 0 Å². The lowest BCUT2D eigenvalue weighted by atomic mass is 10.0. The van der Waals surface area contributed by atoms with Gasteiger partial charge in [-0.3, -0.25) is 15.1 Å². The molecule has 1 amide bonds. The molecule has 0 spiro atoms. The number of nitrogens with zero attached hydrogens (tertiary/aromatic N) is 1. The molecule has 3 rings (SSSR count). The molecule has 0 saturated carbocycles. The Morgan fingerprint density at radius 2 is 2.00 bits per heavy atom. The molecule has 0 bridgehead atoms. The van der Waals surface area contributed by atoms with Crippen molar-refractivity contribution in [1.82, 2.24) is 21.1 Å². The van der Waals surface area contributed by atoms with E-state index in [1.54, 1.807) is 0 Å². The fraction of sp³-hybridized carbons (Fsp3) is 0.632. The molecule has 2 aliphatic heterocycles. The predicted molar refractivity (Wildman–Crippen MR) is 101 cm³/mol. The summed E-state index contributed by atoms with van der Waals surface area (Å²) in [5.41, 5.74) is 7.59. The maximum atomic E-state index is 12.5. The molecule has 6 heteroatoms. The Bertz CT molecular complexity index is 559. The maximum Gasteiger partial charge on any atom is 0.238 e. The van der Waals surface area contributed by atoms with Gasteiger partial charge in [0, 0.05) is 17.6 Å². The van der Waals surface area contributed by atoms with Gasteiger partial charge in [-0.05, 0) is 56.5 Å². The highest BCUT2D eigenvalue weighted by Crippen LogP contribution is 2.25. The molecule has 2 fully saturated rings. The number of benzene rings is 1. The molecule has 2 saturated heterocycles. The second kappa shape index (κ2) is 8.99. The van der Waals surface area contributed by atoms with Crippen molar-refractivity contribution in [2.75, 3.05) is 19.6 Å². The summed E-state index contributed by atoms with van der Waals surface area (Å²) in [6.45, 7) is 4.98. The molecular formula is C19H29ClN4O. The van der Waals surface area contributed by atoms with Crippen molar-refractivity contribution in [1.29, 1.82) is 0 Å². The van der Waals surface area contributed by atoms with Crippen LogP contribution >= 0.6 is 11.6 Å². The van der Waals surface area contributed by atoms with E-state index < -0.39 is 0 Å². The molecule has 25 heavy (non-hydrogen) atoms. The first kappa shape index (κ1) is 18.6.